The Labute approximate surface area is 103 Å². The predicted octanol–water partition coefficient (Wildman–Crippen LogP) is 3.11. The summed E-state index contributed by atoms with van der Waals surface area (Å²) in [7, 11) is 0. The molecule has 1 aliphatic heterocycles. The summed E-state index contributed by atoms with van der Waals surface area (Å²) >= 11 is 0. The highest BCUT2D eigenvalue weighted by molar-refractivity contribution is 5.42. The smallest absolute Gasteiger partial charge is 0.119 e. The Morgan fingerprint density at radius 1 is 1.29 bits per heavy atom. The molecule has 1 aromatic rings. The average molecular weight is 231 g/mol. The van der Waals surface area contributed by atoms with Crippen LogP contribution in [0.2, 0.25) is 0 Å². The van der Waals surface area contributed by atoms with Crippen LogP contribution >= 0.6 is 0 Å². The van der Waals surface area contributed by atoms with E-state index in [-0.39, 0.29) is 0 Å². The number of benzene rings is 1. The molecule has 92 valence electrons. The van der Waals surface area contributed by atoms with Crippen LogP contribution in [-0.4, -0.2) is 23.1 Å². The van der Waals surface area contributed by atoms with Gasteiger partial charge in [0.1, 0.15) is 5.75 Å². The maximum atomic E-state index is 9.95. The van der Waals surface area contributed by atoms with Gasteiger partial charge in [-0.1, -0.05) is 19.1 Å². The third kappa shape index (κ3) is 1.95. The fraction of sp³-hybridized carbons (Fsp3) is 0.600. The predicted molar refractivity (Wildman–Crippen MR) is 69.1 cm³/mol. The summed E-state index contributed by atoms with van der Waals surface area (Å²) in [5.74, 6) is 1.33. The van der Waals surface area contributed by atoms with Gasteiger partial charge in [-0.15, -0.1) is 0 Å². The van der Waals surface area contributed by atoms with Gasteiger partial charge in [-0.2, -0.15) is 0 Å². The third-order valence-electron chi connectivity index (χ3n) is 4.35. The fourth-order valence-electron chi connectivity index (χ4n) is 3.44. The molecule has 0 radical (unpaired) electrons. The van der Waals surface area contributed by atoms with E-state index in [9.17, 15) is 5.11 Å². The first kappa shape index (κ1) is 11.1. The third-order valence-corrected chi connectivity index (χ3v) is 4.35. The van der Waals surface area contributed by atoms with E-state index in [1.165, 1.54) is 43.5 Å². The highest BCUT2D eigenvalue weighted by Gasteiger charge is 2.30. The molecule has 1 fully saturated rings. The number of hydrogen-bond acceptors (Lipinski definition) is 2. The Hall–Kier alpha value is -1.02. The molecule has 1 aromatic carbocycles. The lowest BCUT2D eigenvalue weighted by Gasteiger charge is -2.33. The molecule has 3 rings (SSSR count). The summed E-state index contributed by atoms with van der Waals surface area (Å²) in [6.45, 7) is 4.78. The SMILES string of the molecule is CC1CCN(C2CCCc3c(O)cccc32)C1. The molecule has 2 unspecified atom stereocenters. The van der Waals surface area contributed by atoms with E-state index in [2.05, 4.69) is 17.9 Å². The van der Waals surface area contributed by atoms with Crippen LogP contribution in [-0.2, 0) is 6.42 Å². The van der Waals surface area contributed by atoms with Gasteiger partial charge in [0.05, 0.1) is 0 Å². The summed E-state index contributed by atoms with van der Waals surface area (Å²) in [6.07, 6.45) is 4.83. The van der Waals surface area contributed by atoms with Crippen LogP contribution in [0.25, 0.3) is 0 Å². The number of fused-ring (bicyclic) bond motifs is 1. The van der Waals surface area contributed by atoms with E-state index in [1.807, 2.05) is 12.1 Å². The summed E-state index contributed by atoms with van der Waals surface area (Å²) < 4.78 is 0. The molecule has 1 saturated heterocycles. The first-order valence-electron chi connectivity index (χ1n) is 6.80. The minimum atomic E-state index is 0.499. The molecule has 0 spiro atoms. The van der Waals surface area contributed by atoms with E-state index in [0.717, 1.165) is 12.3 Å². The molecular formula is C15H21NO. The van der Waals surface area contributed by atoms with Crippen molar-refractivity contribution in [1.29, 1.82) is 0 Å². The van der Waals surface area contributed by atoms with Gasteiger partial charge in [-0.3, -0.25) is 4.90 Å². The zero-order valence-electron chi connectivity index (χ0n) is 10.5. The standard InChI is InChI=1S/C15H21NO/c1-11-8-9-16(10-11)14-6-2-5-13-12(14)4-3-7-15(13)17/h3-4,7,11,14,17H,2,5-6,8-10H2,1H3. The number of rotatable bonds is 1. The van der Waals surface area contributed by atoms with Crippen LogP contribution < -0.4 is 0 Å². The van der Waals surface area contributed by atoms with Gasteiger partial charge >= 0.3 is 0 Å². The van der Waals surface area contributed by atoms with E-state index in [0.29, 0.717) is 11.8 Å². The summed E-state index contributed by atoms with van der Waals surface area (Å²) in [6, 6.07) is 6.58. The second-order valence-electron chi connectivity index (χ2n) is 5.64. The van der Waals surface area contributed by atoms with Crippen molar-refractivity contribution < 1.29 is 5.11 Å². The monoisotopic (exact) mass is 231 g/mol. The molecule has 0 amide bonds. The molecule has 2 heteroatoms. The quantitative estimate of drug-likeness (QED) is 0.802. The van der Waals surface area contributed by atoms with Crippen molar-refractivity contribution in [2.45, 2.75) is 38.6 Å². The van der Waals surface area contributed by atoms with Crippen molar-refractivity contribution in [1.82, 2.24) is 4.90 Å². The molecular weight excluding hydrogens is 210 g/mol. The van der Waals surface area contributed by atoms with Crippen molar-refractivity contribution in [2.75, 3.05) is 13.1 Å². The van der Waals surface area contributed by atoms with Crippen molar-refractivity contribution in [3.63, 3.8) is 0 Å². The summed E-state index contributed by atoms with van der Waals surface area (Å²) in [4.78, 5) is 2.61. The number of nitrogens with zero attached hydrogens (tertiary/aromatic N) is 1. The lowest BCUT2D eigenvalue weighted by Crippen LogP contribution is -2.29. The van der Waals surface area contributed by atoms with Crippen LogP contribution in [0.5, 0.6) is 5.75 Å². The first-order chi connectivity index (χ1) is 8.25. The highest BCUT2D eigenvalue weighted by Crippen LogP contribution is 2.39. The molecule has 2 atom stereocenters. The fourth-order valence-corrected chi connectivity index (χ4v) is 3.44. The maximum Gasteiger partial charge on any atom is 0.119 e. The molecule has 0 bridgehead atoms. The van der Waals surface area contributed by atoms with E-state index in [4.69, 9.17) is 0 Å². The van der Waals surface area contributed by atoms with Crippen LogP contribution in [0.3, 0.4) is 0 Å². The van der Waals surface area contributed by atoms with Crippen LogP contribution in [0.15, 0.2) is 18.2 Å². The lowest BCUT2D eigenvalue weighted by atomic mass is 9.86. The zero-order chi connectivity index (χ0) is 11.8. The van der Waals surface area contributed by atoms with Gasteiger partial charge in [0.15, 0.2) is 0 Å². The lowest BCUT2D eigenvalue weighted by molar-refractivity contribution is 0.214. The van der Waals surface area contributed by atoms with E-state index in [1.54, 1.807) is 0 Å². The second kappa shape index (κ2) is 4.34. The molecule has 1 N–H and O–H groups in total. The Kier molecular flexibility index (Phi) is 2.83. The van der Waals surface area contributed by atoms with Crippen molar-refractivity contribution in [2.24, 2.45) is 5.92 Å². The van der Waals surface area contributed by atoms with Crippen LogP contribution in [0, 0.1) is 5.92 Å². The van der Waals surface area contributed by atoms with Gasteiger partial charge in [0.25, 0.3) is 0 Å². The van der Waals surface area contributed by atoms with Crippen LogP contribution in [0.1, 0.15) is 43.4 Å². The second-order valence-corrected chi connectivity index (χ2v) is 5.64. The number of phenols is 1. The van der Waals surface area contributed by atoms with Gasteiger partial charge in [-0.25, -0.2) is 0 Å². The Morgan fingerprint density at radius 2 is 2.18 bits per heavy atom. The van der Waals surface area contributed by atoms with Gasteiger partial charge in [0.2, 0.25) is 0 Å². The number of aromatic hydroxyl groups is 1. The number of hydrogen-bond donors (Lipinski definition) is 1. The Balaban J connectivity index is 1.92. The van der Waals surface area contributed by atoms with Gasteiger partial charge in [0, 0.05) is 12.6 Å². The molecule has 0 aromatic heterocycles. The van der Waals surface area contributed by atoms with Crippen molar-refractivity contribution in [3.05, 3.63) is 29.3 Å². The van der Waals surface area contributed by atoms with Gasteiger partial charge < -0.3 is 5.11 Å². The van der Waals surface area contributed by atoms with Crippen LogP contribution in [0.4, 0.5) is 0 Å². The number of phenolic OH excluding ortho intramolecular Hbond substituents is 1. The molecule has 1 heterocycles. The normalized spacial score (nSPS) is 29.2. The first-order valence-corrected chi connectivity index (χ1v) is 6.80. The zero-order valence-corrected chi connectivity index (χ0v) is 10.5. The highest BCUT2D eigenvalue weighted by atomic mass is 16.3. The summed E-state index contributed by atoms with van der Waals surface area (Å²) in [5, 5.41) is 9.95. The number of likely N-dealkylation sites (tertiary alicyclic amines) is 1. The molecule has 1 aliphatic carbocycles. The minimum Gasteiger partial charge on any atom is -0.508 e. The van der Waals surface area contributed by atoms with E-state index < -0.39 is 0 Å². The molecule has 2 aliphatic rings. The van der Waals surface area contributed by atoms with Crippen molar-refractivity contribution >= 4 is 0 Å². The van der Waals surface area contributed by atoms with Crippen molar-refractivity contribution in [3.8, 4) is 5.75 Å². The Bertz CT molecular complexity index is 415. The van der Waals surface area contributed by atoms with E-state index >= 15 is 0 Å². The summed E-state index contributed by atoms with van der Waals surface area (Å²) in [5.41, 5.74) is 2.58. The molecule has 2 nitrogen and oxygen atoms in total. The topological polar surface area (TPSA) is 23.5 Å². The van der Waals surface area contributed by atoms with Gasteiger partial charge in [-0.05, 0) is 55.3 Å². The Morgan fingerprint density at radius 3 is 2.94 bits per heavy atom. The minimum absolute atomic E-state index is 0.499. The molecule has 0 saturated carbocycles. The molecule has 17 heavy (non-hydrogen) atoms. The average Bonchev–Trinajstić information content (AvgIpc) is 2.76. The maximum absolute atomic E-state index is 9.95. The largest absolute Gasteiger partial charge is 0.508 e.